The topological polar surface area (TPSA) is 62.5 Å². The van der Waals surface area contributed by atoms with Crippen LogP contribution >= 0.6 is 0 Å². The van der Waals surface area contributed by atoms with Gasteiger partial charge >= 0.3 is 0 Å². The van der Waals surface area contributed by atoms with Crippen LogP contribution < -0.4 is 5.32 Å². The predicted molar refractivity (Wildman–Crippen MR) is 51.9 cm³/mol. The van der Waals surface area contributed by atoms with Crippen LogP contribution in [0.15, 0.2) is 23.0 Å². The largest absolute Gasteiger partial charge is 0.472 e. The van der Waals surface area contributed by atoms with E-state index in [0.29, 0.717) is 18.5 Å². The van der Waals surface area contributed by atoms with Crippen LogP contribution in [0.4, 0.5) is 0 Å². The third kappa shape index (κ3) is 3.22. The summed E-state index contributed by atoms with van der Waals surface area (Å²) in [6.07, 6.45) is 3.57. The first-order valence-corrected chi connectivity index (χ1v) is 4.65. The summed E-state index contributed by atoms with van der Waals surface area (Å²) in [6.45, 7) is 2.71. The van der Waals surface area contributed by atoms with Crippen LogP contribution in [0.3, 0.4) is 0 Å². The van der Waals surface area contributed by atoms with Gasteiger partial charge in [-0.25, -0.2) is 0 Å². The number of hydrogen-bond acceptors (Lipinski definition) is 3. The predicted octanol–water partition coefficient (Wildman–Crippen LogP) is 1.03. The molecular formula is C10H15NO3. The smallest absolute Gasteiger partial charge is 0.254 e. The van der Waals surface area contributed by atoms with E-state index in [1.54, 1.807) is 6.07 Å². The van der Waals surface area contributed by atoms with Crippen molar-refractivity contribution in [3.8, 4) is 0 Å². The third-order valence-corrected chi connectivity index (χ3v) is 2.02. The van der Waals surface area contributed by atoms with Crippen LogP contribution in [0.5, 0.6) is 0 Å². The first-order valence-electron chi connectivity index (χ1n) is 4.65. The van der Waals surface area contributed by atoms with E-state index in [2.05, 4.69) is 5.32 Å². The Kier molecular flexibility index (Phi) is 4.19. The van der Waals surface area contributed by atoms with Gasteiger partial charge in [0.05, 0.1) is 11.8 Å². The van der Waals surface area contributed by atoms with Crippen molar-refractivity contribution in [3.05, 3.63) is 24.2 Å². The highest BCUT2D eigenvalue weighted by molar-refractivity contribution is 5.93. The molecule has 0 radical (unpaired) electrons. The van der Waals surface area contributed by atoms with Gasteiger partial charge in [0.2, 0.25) is 0 Å². The lowest BCUT2D eigenvalue weighted by atomic mass is 10.1. The van der Waals surface area contributed by atoms with Crippen molar-refractivity contribution in [2.24, 2.45) is 5.92 Å². The van der Waals surface area contributed by atoms with E-state index in [1.165, 1.54) is 12.5 Å². The molecule has 1 heterocycles. The molecule has 1 atom stereocenters. The summed E-state index contributed by atoms with van der Waals surface area (Å²) in [6, 6.07) is 1.62. The van der Waals surface area contributed by atoms with E-state index in [0.717, 1.165) is 0 Å². The molecule has 1 unspecified atom stereocenters. The van der Waals surface area contributed by atoms with Crippen LogP contribution in [0, 0.1) is 5.92 Å². The molecule has 0 spiro atoms. The Hall–Kier alpha value is -1.29. The van der Waals surface area contributed by atoms with Gasteiger partial charge in [0.25, 0.3) is 5.91 Å². The Bertz CT molecular complexity index is 269. The second-order valence-corrected chi connectivity index (χ2v) is 3.34. The van der Waals surface area contributed by atoms with Crippen molar-refractivity contribution in [2.45, 2.75) is 13.3 Å². The standard InChI is InChI=1S/C10H15NO3/c1-8(2-4-12)6-11-10(13)9-3-5-14-7-9/h3,5,7-8,12H,2,4,6H2,1H3,(H,11,13). The summed E-state index contributed by atoms with van der Waals surface area (Å²) in [5.41, 5.74) is 0.529. The molecule has 1 aromatic heterocycles. The fraction of sp³-hybridized carbons (Fsp3) is 0.500. The summed E-state index contributed by atoms with van der Waals surface area (Å²) < 4.78 is 4.79. The fourth-order valence-electron chi connectivity index (χ4n) is 1.09. The van der Waals surface area contributed by atoms with Gasteiger partial charge in [-0.1, -0.05) is 6.92 Å². The molecule has 1 amide bonds. The second kappa shape index (κ2) is 5.44. The SMILES string of the molecule is CC(CCO)CNC(=O)c1ccoc1. The Morgan fingerprint density at radius 2 is 2.50 bits per heavy atom. The number of rotatable bonds is 5. The van der Waals surface area contributed by atoms with Gasteiger partial charge in [-0.3, -0.25) is 4.79 Å². The summed E-state index contributed by atoms with van der Waals surface area (Å²) in [7, 11) is 0. The molecule has 2 N–H and O–H groups in total. The summed E-state index contributed by atoms with van der Waals surface area (Å²) in [4.78, 5) is 11.4. The maximum absolute atomic E-state index is 11.4. The minimum atomic E-state index is -0.136. The lowest BCUT2D eigenvalue weighted by Gasteiger charge is -2.09. The molecule has 0 saturated carbocycles. The average molecular weight is 197 g/mol. The number of carbonyl (C=O) groups is 1. The van der Waals surface area contributed by atoms with Gasteiger partial charge < -0.3 is 14.8 Å². The second-order valence-electron chi connectivity index (χ2n) is 3.34. The molecule has 0 bridgehead atoms. The summed E-state index contributed by atoms with van der Waals surface area (Å²) in [5.74, 6) is 0.152. The van der Waals surface area contributed by atoms with Crippen molar-refractivity contribution >= 4 is 5.91 Å². The highest BCUT2D eigenvalue weighted by atomic mass is 16.3. The normalized spacial score (nSPS) is 12.4. The zero-order valence-corrected chi connectivity index (χ0v) is 8.19. The monoisotopic (exact) mass is 197 g/mol. The maximum Gasteiger partial charge on any atom is 0.254 e. The first kappa shape index (κ1) is 10.8. The summed E-state index contributed by atoms with van der Waals surface area (Å²) >= 11 is 0. The molecule has 78 valence electrons. The van der Waals surface area contributed by atoms with Gasteiger partial charge in [-0.15, -0.1) is 0 Å². The number of carbonyl (C=O) groups excluding carboxylic acids is 1. The molecule has 0 aliphatic heterocycles. The van der Waals surface area contributed by atoms with Crippen LogP contribution in [-0.4, -0.2) is 24.2 Å². The quantitative estimate of drug-likeness (QED) is 0.741. The van der Waals surface area contributed by atoms with E-state index >= 15 is 0 Å². The number of furan rings is 1. The maximum atomic E-state index is 11.4. The van der Waals surface area contributed by atoms with E-state index < -0.39 is 0 Å². The highest BCUT2D eigenvalue weighted by Gasteiger charge is 2.07. The molecule has 4 nitrogen and oxygen atoms in total. The van der Waals surface area contributed by atoms with E-state index in [9.17, 15) is 4.79 Å². The highest BCUT2D eigenvalue weighted by Crippen LogP contribution is 2.01. The number of aliphatic hydroxyl groups is 1. The minimum Gasteiger partial charge on any atom is -0.472 e. The Labute approximate surface area is 82.9 Å². The van der Waals surface area contributed by atoms with Crippen molar-refractivity contribution < 1.29 is 14.3 Å². The molecule has 1 rings (SSSR count). The third-order valence-electron chi connectivity index (χ3n) is 2.02. The van der Waals surface area contributed by atoms with Crippen molar-refractivity contribution in [3.63, 3.8) is 0 Å². The van der Waals surface area contributed by atoms with Crippen LogP contribution in [0.1, 0.15) is 23.7 Å². The first-order chi connectivity index (χ1) is 6.74. The van der Waals surface area contributed by atoms with Crippen molar-refractivity contribution in [2.75, 3.05) is 13.2 Å². The van der Waals surface area contributed by atoms with E-state index in [-0.39, 0.29) is 18.4 Å². The summed E-state index contributed by atoms with van der Waals surface area (Å²) in [5, 5.41) is 11.4. The number of nitrogens with one attached hydrogen (secondary N) is 1. The van der Waals surface area contributed by atoms with Crippen LogP contribution in [0.25, 0.3) is 0 Å². The lowest BCUT2D eigenvalue weighted by molar-refractivity contribution is 0.0945. The number of hydrogen-bond donors (Lipinski definition) is 2. The van der Waals surface area contributed by atoms with Crippen molar-refractivity contribution in [1.82, 2.24) is 5.32 Å². The van der Waals surface area contributed by atoms with Gasteiger partial charge in [-0.05, 0) is 18.4 Å². The molecule has 0 fully saturated rings. The Morgan fingerprint density at radius 1 is 1.71 bits per heavy atom. The molecule has 4 heteroatoms. The van der Waals surface area contributed by atoms with E-state index in [1.807, 2.05) is 6.92 Å². The van der Waals surface area contributed by atoms with E-state index in [4.69, 9.17) is 9.52 Å². The average Bonchev–Trinajstić information content (AvgIpc) is 2.67. The van der Waals surface area contributed by atoms with Crippen LogP contribution in [-0.2, 0) is 0 Å². The molecule has 0 aromatic carbocycles. The molecule has 0 saturated heterocycles. The molecule has 1 aromatic rings. The van der Waals surface area contributed by atoms with Gasteiger partial charge in [0.1, 0.15) is 6.26 Å². The number of amides is 1. The molecule has 14 heavy (non-hydrogen) atoms. The molecule has 0 aliphatic rings. The Balaban J connectivity index is 2.28. The lowest BCUT2D eigenvalue weighted by Crippen LogP contribution is -2.28. The van der Waals surface area contributed by atoms with Gasteiger partial charge in [0.15, 0.2) is 0 Å². The minimum absolute atomic E-state index is 0.136. The van der Waals surface area contributed by atoms with Gasteiger partial charge in [0, 0.05) is 13.2 Å². The Morgan fingerprint density at radius 3 is 3.07 bits per heavy atom. The van der Waals surface area contributed by atoms with Crippen LogP contribution in [0.2, 0.25) is 0 Å². The zero-order chi connectivity index (χ0) is 10.4. The van der Waals surface area contributed by atoms with Gasteiger partial charge in [-0.2, -0.15) is 0 Å². The zero-order valence-electron chi connectivity index (χ0n) is 8.19. The van der Waals surface area contributed by atoms with Crippen molar-refractivity contribution in [1.29, 1.82) is 0 Å². The molecule has 0 aliphatic carbocycles. The fourth-order valence-corrected chi connectivity index (χ4v) is 1.09. The number of aliphatic hydroxyl groups excluding tert-OH is 1. The molecular weight excluding hydrogens is 182 g/mol.